The van der Waals surface area contributed by atoms with Crippen LogP contribution in [-0.4, -0.2) is 15.8 Å². The fourth-order valence-corrected chi connectivity index (χ4v) is 3.92. The highest BCUT2D eigenvalue weighted by Crippen LogP contribution is 2.31. The number of hydrogen-bond donors (Lipinski definition) is 3. The van der Waals surface area contributed by atoms with E-state index < -0.39 is 27.7 Å². The first-order valence-electron chi connectivity index (χ1n) is 12.2. The minimum atomic E-state index is -0.683. The van der Waals surface area contributed by atoms with Crippen molar-refractivity contribution in [2.45, 2.75) is 25.9 Å². The van der Waals surface area contributed by atoms with Gasteiger partial charge in [-0.15, -0.1) is 0 Å². The summed E-state index contributed by atoms with van der Waals surface area (Å²) in [5.41, 5.74) is 7.74. The van der Waals surface area contributed by atoms with Gasteiger partial charge in [0.1, 0.15) is 5.82 Å². The van der Waals surface area contributed by atoms with Gasteiger partial charge in [-0.25, -0.2) is 4.39 Å². The number of para-hydroxylation sites is 1. The van der Waals surface area contributed by atoms with Crippen LogP contribution in [0.3, 0.4) is 0 Å². The van der Waals surface area contributed by atoms with Crippen molar-refractivity contribution in [3.63, 3.8) is 0 Å². The van der Waals surface area contributed by atoms with Crippen LogP contribution in [0.2, 0.25) is 0 Å². The molecule has 0 saturated carbocycles. The molecule has 2 atom stereocenters. The molecular formula is C29H28FN5O5. The second-order valence-corrected chi connectivity index (χ2v) is 8.89. The Hall–Kier alpha value is -5.16. The third kappa shape index (κ3) is 8.43. The van der Waals surface area contributed by atoms with E-state index >= 15 is 0 Å². The van der Waals surface area contributed by atoms with E-state index in [2.05, 4.69) is 10.6 Å². The number of anilines is 2. The number of nitrogens with zero attached hydrogens (tertiary/aromatic N) is 2. The standard InChI is InChI=1S/C23H21FN4O5.C6H7N/c1-14(18-11-21(27(30)31)13-22(12-18)28(32)33)25-23(16-6-8-19(24)9-7-16)17-4-3-5-20(10-17)26-15(2)29;7-6-4-2-1-3-5-6/h3-14,23,25H,1-2H3,(H,26,29);1-5H,7H2. The van der Waals surface area contributed by atoms with Crippen molar-refractivity contribution >= 4 is 28.7 Å². The van der Waals surface area contributed by atoms with Crippen LogP contribution in [0.4, 0.5) is 27.1 Å². The summed E-state index contributed by atoms with van der Waals surface area (Å²) in [6.07, 6.45) is 0. The summed E-state index contributed by atoms with van der Waals surface area (Å²) in [7, 11) is 0. The minimum absolute atomic E-state index is 0.240. The van der Waals surface area contributed by atoms with Crippen LogP contribution in [0, 0.1) is 26.0 Å². The highest BCUT2D eigenvalue weighted by molar-refractivity contribution is 5.88. The van der Waals surface area contributed by atoms with Gasteiger partial charge in [0.15, 0.2) is 0 Å². The number of nitrogen functional groups attached to an aromatic ring is 1. The van der Waals surface area contributed by atoms with Crippen LogP contribution in [0.25, 0.3) is 0 Å². The van der Waals surface area contributed by atoms with Gasteiger partial charge in [-0.1, -0.05) is 42.5 Å². The molecular weight excluding hydrogens is 517 g/mol. The molecule has 0 aliphatic carbocycles. The Bertz CT molecular complexity index is 1450. The third-order valence-electron chi connectivity index (χ3n) is 5.81. The first-order chi connectivity index (χ1) is 19.0. The van der Waals surface area contributed by atoms with Crippen molar-refractivity contribution in [2.24, 2.45) is 0 Å². The fraction of sp³-hybridized carbons (Fsp3) is 0.138. The smallest absolute Gasteiger partial charge is 0.276 e. The van der Waals surface area contributed by atoms with Crippen LogP contribution < -0.4 is 16.4 Å². The molecule has 10 nitrogen and oxygen atoms in total. The highest BCUT2D eigenvalue weighted by atomic mass is 19.1. The Morgan fingerprint density at radius 3 is 1.90 bits per heavy atom. The Balaban J connectivity index is 0.000000547. The van der Waals surface area contributed by atoms with E-state index in [0.29, 0.717) is 16.8 Å². The number of amides is 1. The van der Waals surface area contributed by atoms with E-state index in [9.17, 15) is 29.4 Å². The lowest BCUT2D eigenvalue weighted by Gasteiger charge is -2.25. The highest BCUT2D eigenvalue weighted by Gasteiger charge is 2.23. The van der Waals surface area contributed by atoms with E-state index in [4.69, 9.17) is 5.73 Å². The topological polar surface area (TPSA) is 153 Å². The summed E-state index contributed by atoms with van der Waals surface area (Å²) < 4.78 is 13.5. The van der Waals surface area contributed by atoms with Crippen LogP contribution >= 0.6 is 0 Å². The Kier molecular flexibility index (Phi) is 9.98. The normalized spacial score (nSPS) is 11.9. The number of rotatable bonds is 8. The summed E-state index contributed by atoms with van der Waals surface area (Å²) in [6, 6.07) is 24.7. The monoisotopic (exact) mass is 545 g/mol. The zero-order valence-electron chi connectivity index (χ0n) is 21.8. The average molecular weight is 546 g/mol. The zero-order valence-corrected chi connectivity index (χ0v) is 21.8. The maximum atomic E-state index is 13.5. The number of hydrogen-bond acceptors (Lipinski definition) is 7. The van der Waals surface area contributed by atoms with Crippen LogP contribution in [0.5, 0.6) is 0 Å². The third-order valence-corrected chi connectivity index (χ3v) is 5.81. The van der Waals surface area contributed by atoms with Gasteiger partial charge in [0.2, 0.25) is 5.91 Å². The molecule has 11 heteroatoms. The lowest BCUT2D eigenvalue weighted by molar-refractivity contribution is -0.394. The first-order valence-corrected chi connectivity index (χ1v) is 12.2. The fourth-order valence-electron chi connectivity index (χ4n) is 3.92. The van der Waals surface area contributed by atoms with Crippen molar-refractivity contribution in [1.29, 1.82) is 0 Å². The Morgan fingerprint density at radius 1 is 0.800 bits per heavy atom. The molecule has 1 amide bonds. The summed E-state index contributed by atoms with van der Waals surface area (Å²) in [5, 5.41) is 28.6. The summed E-state index contributed by atoms with van der Waals surface area (Å²) >= 11 is 0. The average Bonchev–Trinajstić information content (AvgIpc) is 2.92. The van der Waals surface area contributed by atoms with E-state index in [1.165, 1.54) is 31.2 Å². The Labute approximate surface area is 230 Å². The molecule has 0 bridgehead atoms. The summed E-state index contributed by atoms with van der Waals surface area (Å²) in [5.74, 6) is -0.650. The SMILES string of the molecule is CC(=O)Nc1cccc(C(NC(C)c2cc([N+](=O)[O-])cc([N+](=O)[O-])c2)c2ccc(F)cc2)c1.Nc1ccccc1. The van der Waals surface area contributed by atoms with Crippen molar-refractivity contribution < 1.29 is 19.0 Å². The zero-order chi connectivity index (χ0) is 29.2. The molecule has 0 heterocycles. The number of carbonyl (C=O) groups excluding carboxylic acids is 1. The molecule has 40 heavy (non-hydrogen) atoms. The number of nitro benzene ring substituents is 2. The molecule has 4 aromatic carbocycles. The van der Waals surface area contributed by atoms with E-state index in [1.54, 1.807) is 37.3 Å². The van der Waals surface area contributed by atoms with Crippen molar-refractivity contribution in [2.75, 3.05) is 11.1 Å². The first kappa shape index (κ1) is 29.4. The largest absolute Gasteiger partial charge is 0.399 e. The molecule has 0 spiro atoms. The number of nitro groups is 2. The van der Waals surface area contributed by atoms with Gasteiger partial charge in [0, 0.05) is 36.5 Å². The van der Waals surface area contributed by atoms with Crippen LogP contribution in [0.15, 0.2) is 97.1 Å². The lowest BCUT2D eigenvalue weighted by atomic mass is 9.96. The Morgan fingerprint density at radius 2 is 1.40 bits per heavy atom. The molecule has 0 saturated heterocycles. The molecule has 4 aromatic rings. The molecule has 4 rings (SSSR count). The van der Waals surface area contributed by atoms with Gasteiger partial charge in [-0.3, -0.25) is 30.3 Å². The molecule has 0 aliphatic rings. The predicted octanol–water partition coefficient (Wildman–Crippen LogP) is 6.31. The second-order valence-electron chi connectivity index (χ2n) is 8.89. The minimum Gasteiger partial charge on any atom is -0.399 e. The van der Waals surface area contributed by atoms with Gasteiger partial charge >= 0.3 is 0 Å². The quantitative estimate of drug-likeness (QED) is 0.133. The molecule has 0 fully saturated rings. The van der Waals surface area contributed by atoms with Crippen LogP contribution in [0.1, 0.15) is 42.6 Å². The molecule has 2 unspecified atom stereocenters. The molecule has 206 valence electrons. The van der Waals surface area contributed by atoms with Crippen molar-refractivity contribution in [1.82, 2.24) is 5.32 Å². The second kappa shape index (κ2) is 13.6. The van der Waals surface area contributed by atoms with E-state index in [0.717, 1.165) is 17.3 Å². The number of nitrogens with two attached hydrogens (primary N) is 1. The predicted molar refractivity (Wildman–Crippen MR) is 151 cm³/mol. The number of non-ortho nitro benzene ring substituents is 2. The molecule has 0 aromatic heterocycles. The van der Waals surface area contributed by atoms with Gasteiger partial charge in [-0.05, 0) is 60.0 Å². The maximum Gasteiger partial charge on any atom is 0.276 e. The summed E-state index contributed by atoms with van der Waals surface area (Å²) in [4.78, 5) is 32.6. The van der Waals surface area contributed by atoms with Crippen molar-refractivity contribution in [3.05, 3.63) is 140 Å². The van der Waals surface area contributed by atoms with Gasteiger partial charge in [0.05, 0.1) is 22.0 Å². The maximum absolute atomic E-state index is 13.5. The number of nitrogens with one attached hydrogen (secondary N) is 2. The van der Waals surface area contributed by atoms with Crippen LogP contribution in [-0.2, 0) is 4.79 Å². The summed E-state index contributed by atoms with van der Waals surface area (Å²) in [6.45, 7) is 3.11. The van der Waals surface area contributed by atoms with E-state index in [1.807, 2.05) is 36.4 Å². The lowest BCUT2D eigenvalue weighted by Crippen LogP contribution is -2.26. The van der Waals surface area contributed by atoms with Gasteiger partial charge in [-0.2, -0.15) is 0 Å². The number of halogens is 1. The van der Waals surface area contributed by atoms with Gasteiger partial charge < -0.3 is 11.1 Å². The number of carbonyl (C=O) groups is 1. The molecule has 0 radical (unpaired) electrons. The molecule has 0 aliphatic heterocycles. The van der Waals surface area contributed by atoms with Gasteiger partial charge in [0.25, 0.3) is 11.4 Å². The molecule has 4 N–H and O–H groups in total. The van der Waals surface area contributed by atoms with E-state index in [-0.39, 0.29) is 17.3 Å². The van der Waals surface area contributed by atoms with Crippen molar-refractivity contribution in [3.8, 4) is 0 Å². The number of benzene rings is 4.